The Bertz CT molecular complexity index is 491. The van der Waals surface area contributed by atoms with Crippen molar-refractivity contribution in [2.24, 2.45) is 0 Å². The minimum absolute atomic E-state index is 0.235. The van der Waals surface area contributed by atoms with Gasteiger partial charge in [0.1, 0.15) is 6.04 Å². The van der Waals surface area contributed by atoms with Crippen molar-refractivity contribution in [3.63, 3.8) is 0 Å². The van der Waals surface area contributed by atoms with Crippen LogP contribution in [0.15, 0.2) is 24.2 Å². The van der Waals surface area contributed by atoms with Crippen molar-refractivity contribution < 1.29 is 14.3 Å². The maximum atomic E-state index is 11.9. The van der Waals surface area contributed by atoms with Gasteiger partial charge in [-0.25, -0.2) is 4.79 Å². The SMILES string of the molecule is CCOC(=O)/C=C(\C)NC(=O)C(C)n1cc(C)cn1. The van der Waals surface area contributed by atoms with Gasteiger partial charge >= 0.3 is 5.97 Å². The van der Waals surface area contributed by atoms with Gasteiger partial charge in [0.05, 0.1) is 12.8 Å². The van der Waals surface area contributed by atoms with Crippen LogP contribution in [0.25, 0.3) is 0 Å². The fraction of sp³-hybridized carbons (Fsp3) is 0.462. The predicted molar refractivity (Wildman–Crippen MR) is 70.2 cm³/mol. The molecule has 1 N–H and O–H groups in total. The molecule has 1 aromatic heterocycles. The minimum Gasteiger partial charge on any atom is -0.463 e. The van der Waals surface area contributed by atoms with Crippen molar-refractivity contribution in [2.45, 2.75) is 33.7 Å². The average Bonchev–Trinajstić information content (AvgIpc) is 2.74. The smallest absolute Gasteiger partial charge is 0.332 e. The number of carbonyl (C=O) groups excluding carboxylic acids is 2. The van der Waals surface area contributed by atoms with Gasteiger partial charge in [-0.15, -0.1) is 0 Å². The quantitative estimate of drug-likeness (QED) is 0.644. The van der Waals surface area contributed by atoms with Crippen molar-refractivity contribution in [2.75, 3.05) is 6.61 Å². The molecule has 6 heteroatoms. The Morgan fingerprint density at radius 1 is 1.58 bits per heavy atom. The zero-order valence-electron chi connectivity index (χ0n) is 11.6. The van der Waals surface area contributed by atoms with Crippen molar-refractivity contribution in [1.29, 1.82) is 0 Å². The number of hydrogen-bond acceptors (Lipinski definition) is 4. The second-order valence-electron chi connectivity index (χ2n) is 4.24. The van der Waals surface area contributed by atoms with E-state index in [0.717, 1.165) is 5.56 Å². The number of hydrogen-bond donors (Lipinski definition) is 1. The lowest BCUT2D eigenvalue weighted by atomic mass is 10.3. The lowest BCUT2D eigenvalue weighted by Crippen LogP contribution is -2.30. The van der Waals surface area contributed by atoms with Gasteiger partial charge in [0.25, 0.3) is 0 Å². The molecule has 1 unspecified atom stereocenters. The molecule has 0 radical (unpaired) electrons. The van der Waals surface area contributed by atoms with Gasteiger partial charge in [0.15, 0.2) is 0 Å². The summed E-state index contributed by atoms with van der Waals surface area (Å²) in [5.74, 6) is -0.705. The first-order chi connectivity index (χ1) is 8.93. The number of amides is 1. The Morgan fingerprint density at radius 2 is 2.26 bits per heavy atom. The summed E-state index contributed by atoms with van der Waals surface area (Å²) in [6.45, 7) is 7.30. The maximum Gasteiger partial charge on any atom is 0.332 e. The third kappa shape index (κ3) is 4.57. The largest absolute Gasteiger partial charge is 0.463 e. The van der Waals surface area contributed by atoms with E-state index in [4.69, 9.17) is 4.74 Å². The van der Waals surface area contributed by atoms with E-state index in [1.807, 2.05) is 6.92 Å². The summed E-state index contributed by atoms with van der Waals surface area (Å²) in [4.78, 5) is 23.1. The van der Waals surface area contributed by atoms with E-state index in [1.54, 1.807) is 37.8 Å². The van der Waals surface area contributed by atoms with Gasteiger partial charge in [-0.1, -0.05) is 0 Å². The number of aryl methyl sites for hydroxylation is 1. The van der Waals surface area contributed by atoms with E-state index in [0.29, 0.717) is 12.3 Å². The monoisotopic (exact) mass is 265 g/mol. The van der Waals surface area contributed by atoms with Crippen molar-refractivity contribution >= 4 is 11.9 Å². The van der Waals surface area contributed by atoms with Crippen LogP contribution in [-0.2, 0) is 14.3 Å². The summed E-state index contributed by atoms with van der Waals surface area (Å²) in [7, 11) is 0. The highest BCUT2D eigenvalue weighted by molar-refractivity contribution is 5.86. The lowest BCUT2D eigenvalue weighted by Gasteiger charge is -2.12. The van der Waals surface area contributed by atoms with Gasteiger partial charge in [-0.3, -0.25) is 9.48 Å². The number of ether oxygens (including phenoxy) is 1. The van der Waals surface area contributed by atoms with E-state index in [9.17, 15) is 9.59 Å². The maximum absolute atomic E-state index is 11.9. The topological polar surface area (TPSA) is 73.2 Å². The molecule has 1 aromatic rings. The molecule has 6 nitrogen and oxygen atoms in total. The van der Waals surface area contributed by atoms with Crippen LogP contribution in [0.1, 0.15) is 32.4 Å². The number of allylic oxidation sites excluding steroid dienone is 1. The molecule has 104 valence electrons. The molecule has 0 saturated heterocycles. The van der Waals surface area contributed by atoms with E-state index < -0.39 is 12.0 Å². The molecule has 0 aliphatic carbocycles. The Hall–Kier alpha value is -2.11. The number of rotatable bonds is 5. The van der Waals surface area contributed by atoms with Crippen molar-refractivity contribution in [3.05, 3.63) is 29.7 Å². The number of nitrogens with one attached hydrogen (secondary N) is 1. The number of carbonyl (C=O) groups is 2. The number of nitrogens with zero attached hydrogens (tertiary/aromatic N) is 2. The molecular formula is C13H19N3O3. The molecule has 0 aliphatic heterocycles. The second-order valence-corrected chi connectivity index (χ2v) is 4.24. The molecular weight excluding hydrogens is 246 g/mol. The highest BCUT2D eigenvalue weighted by Gasteiger charge is 2.15. The third-order valence-electron chi connectivity index (χ3n) is 2.45. The molecule has 1 rings (SSSR count). The van der Waals surface area contributed by atoms with E-state index in [-0.39, 0.29) is 5.91 Å². The molecule has 0 aromatic carbocycles. The second kappa shape index (κ2) is 6.72. The average molecular weight is 265 g/mol. The molecule has 0 saturated carbocycles. The minimum atomic E-state index is -0.470. The Morgan fingerprint density at radius 3 is 2.79 bits per heavy atom. The Labute approximate surface area is 112 Å². The summed E-state index contributed by atoms with van der Waals surface area (Å²) in [6, 6.07) is -0.445. The predicted octanol–water partition coefficient (Wildman–Crippen LogP) is 1.34. The van der Waals surface area contributed by atoms with Gasteiger partial charge < -0.3 is 10.1 Å². The molecule has 19 heavy (non-hydrogen) atoms. The van der Waals surface area contributed by atoms with Crippen LogP contribution in [0.4, 0.5) is 0 Å². The molecule has 0 aliphatic rings. The molecule has 0 fully saturated rings. The molecule has 1 atom stereocenters. The van der Waals surface area contributed by atoms with Crippen LogP contribution in [0, 0.1) is 6.92 Å². The van der Waals surface area contributed by atoms with E-state index >= 15 is 0 Å². The zero-order valence-corrected chi connectivity index (χ0v) is 11.6. The molecule has 0 spiro atoms. The highest BCUT2D eigenvalue weighted by Crippen LogP contribution is 2.06. The van der Waals surface area contributed by atoms with Crippen molar-refractivity contribution in [3.8, 4) is 0 Å². The van der Waals surface area contributed by atoms with Crippen LogP contribution in [0.5, 0.6) is 0 Å². The van der Waals surface area contributed by atoms with Gasteiger partial charge in [-0.05, 0) is 33.3 Å². The van der Waals surface area contributed by atoms with Gasteiger partial charge in [0.2, 0.25) is 5.91 Å². The first kappa shape index (κ1) is 14.9. The summed E-state index contributed by atoms with van der Waals surface area (Å²) < 4.78 is 6.33. The van der Waals surface area contributed by atoms with Crippen LogP contribution in [0.2, 0.25) is 0 Å². The first-order valence-electron chi connectivity index (χ1n) is 6.10. The lowest BCUT2D eigenvalue weighted by molar-refractivity contribution is -0.137. The summed E-state index contributed by atoms with van der Waals surface area (Å²) in [6.07, 6.45) is 4.72. The Balaban J connectivity index is 2.61. The van der Waals surface area contributed by atoms with Crippen LogP contribution in [0.3, 0.4) is 0 Å². The van der Waals surface area contributed by atoms with Crippen LogP contribution >= 0.6 is 0 Å². The van der Waals surface area contributed by atoms with Gasteiger partial charge in [-0.2, -0.15) is 5.10 Å². The molecule has 1 heterocycles. The first-order valence-corrected chi connectivity index (χ1v) is 6.10. The Kier molecular flexibility index (Phi) is 5.29. The summed E-state index contributed by atoms with van der Waals surface area (Å²) >= 11 is 0. The van der Waals surface area contributed by atoms with Gasteiger partial charge in [0, 0.05) is 18.0 Å². The van der Waals surface area contributed by atoms with Crippen molar-refractivity contribution in [1.82, 2.24) is 15.1 Å². The van der Waals surface area contributed by atoms with Crippen LogP contribution in [-0.4, -0.2) is 28.3 Å². The molecule has 1 amide bonds. The van der Waals surface area contributed by atoms with E-state index in [2.05, 4.69) is 10.4 Å². The van der Waals surface area contributed by atoms with E-state index in [1.165, 1.54) is 6.08 Å². The zero-order chi connectivity index (χ0) is 14.4. The number of aromatic nitrogens is 2. The third-order valence-corrected chi connectivity index (χ3v) is 2.45. The molecule has 0 bridgehead atoms. The number of esters is 1. The fourth-order valence-electron chi connectivity index (χ4n) is 1.46. The standard InChI is InChI=1S/C13H19N3O3/c1-5-19-12(17)6-10(3)15-13(18)11(4)16-8-9(2)7-14-16/h6-8,11H,5H2,1-4H3,(H,15,18)/b10-6+. The highest BCUT2D eigenvalue weighted by atomic mass is 16.5. The normalized spacial score (nSPS) is 12.9. The fourth-order valence-corrected chi connectivity index (χ4v) is 1.46. The van der Waals surface area contributed by atoms with Crippen LogP contribution < -0.4 is 5.32 Å². The summed E-state index contributed by atoms with van der Waals surface area (Å²) in [5, 5.41) is 6.72. The summed E-state index contributed by atoms with van der Waals surface area (Å²) in [5.41, 5.74) is 1.43.